The lowest BCUT2D eigenvalue weighted by Gasteiger charge is -2.16. The van der Waals surface area contributed by atoms with Gasteiger partial charge in [0.25, 0.3) is 0 Å². The van der Waals surface area contributed by atoms with Crippen LogP contribution in [0.15, 0.2) is 24.3 Å². The van der Waals surface area contributed by atoms with Crippen LogP contribution in [0.2, 0.25) is 0 Å². The van der Waals surface area contributed by atoms with Crippen molar-refractivity contribution < 1.29 is 14.2 Å². The van der Waals surface area contributed by atoms with Crippen molar-refractivity contribution in [3.8, 4) is 18.1 Å². The second-order valence-corrected chi connectivity index (χ2v) is 4.31. The minimum absolute atomic E-state index is 0.0251. The van der Waals surface area contributed by atoms with E-state index in [-0.39, 0.29) is 18.4 Å². The first kappa shape index (κ1) is 15.5. The zero-order valence-electron chi connectivity index (χ0n) is 11.1. The third kappa shape index (κ3) is 5.73. The molecule has 0 aliphatic heterocycles. The van der Waals surface area contributed by atoms with E-state index in [1.807, 2.05) is 6.92 Å². The summed E-state index contributed by atoms with van der Waals surface area (Å²) in [5.41, 5.74) is 0. The molecule has 1 aromatic carbocycles. The summed E-state index contributed by atoms with van der Waals surface area (Å²) in [6.07, 6.45) is 6.46. The monoisotopic (exact) mass is 265 g/mol. The van der Waals surface area contributed by atoms with E-state index in [1.54, 1.807) is 12.1 Å². The number of aliphatic hydroxyl groups is 1. The summed E-state index contributed by atoms with van der Waals surface area (Å²) in [5.74, 6) is 2.33. The van der Waals surface area contributed by atoms with Gasteiger partial charge in [0.15, 0.2) is 11.6 Å². The van der Waals surface area contributed by atoms with Crippen LogP contribution >= 0.6 is 0 Å². The fourth-order valence-electron chi connectivity index (χ4n) is 1.62. The molecule has 0 radical (unpaired) electrons. The van der Waals surface area contributed by atoms with Crippen molar-refractivity contribution in [3.05, 3.63) is 30.1 Å². The summed E-state index contributed by atoms with van der Waals surface area (Å²) >= 11 is 0. The zero-order chi connectivity index (χ0) is 14.1. The molecule has 1 aromatic rings. The van der Waals surface area contributed by atoms with Crippen molar-refractivity contribution in [2.45, 2.75) is 31.9 Å². The van der Waals surface area contributed by atoms with E-state index in [0.29, 0.717) is 6.54 Å². The van der Waals surface area contributed by atoms with Crippen molar-refractivity contribution in [2.24, 2.45) is 0 Å². The normalized spacial score (nSPS) is 13.6. The van der Waals surface area contributed by atoms with Crippen LogP contribution in [-0.4, -0.2) is 30.4 Å². The first-order valence-electron chi connectivity index (χ1n) is 6.42. The molecular formula is C15H20FNO2. The number of rotatable bonds is 8. The number of hydrogen-bond acceptors (Lipinski definition) is 3. The number of para-hydroxylation sites is 1. The first-order chi connectivity index (χ1) is 9.17. The van der Waals surface area contributed by atoms with Gasteiger partial charge in [-0.05, 0) is 18.6 Å². The molecule has 19 heavy (non-hydrogen) atoms. The van der Waals surface area contributed by atoms with Gasteiger partial charge < -0.3 is 15.2 Å². The van der Waals surface area contributed by atoms with E-state index in [9.17, 15) is 9.50 Å². The SMILES string of the molecule is C#CC(CCC)NCC(O)COc1ccccc1F. The van der Waals surface area contributed by atoms with Crippen LogP contribution in [-0.2, 0) is 0 Å². The second-order valence-electron chi connectivity index (χ2n) is 4.31. The smallest absolute Gasteiger partial charge is 0.165 e. The van der Waals surface area contributed by atoms with E-state index in [1.165, 1.54) is 12.1 Å². The Morgan fingerprint density at radius 3 is 2.84 bits per heavy atom. The van der Waals surface area contributed by atoms with Crippen LogP contribution in [0.4, 0.5) is 4.39 Å². The third-order valence-corrected chi connectivity index (χ3v) is 2.65. The summed E-state index contributed by atoms with van der Waals surface area (Å²) in [6, 6.07) is 6.06. The van der Waals surface area contributed by atoms with Crippen LogP contribution in [0, 0.1) is 18.2 Å². The van der Waals surface area contributed by atoms with Crippen molar-refractivity contribution >= 4 is 0 Å². The lowest BCUT2D eigenvalue weighted by Crippen LogP contribution is -2.37. The topological polar surface area (TPSA) is 41.5 Å². The minimum atomic E-state index is -0.729. The number of halogens is 1. The molecule has 0 fully saturated rings. The predicted octanol–water partition coefficient (Wildman–Crippen LogP) is 1.96. The molecule has 0 saturated heterocycles. The maximum Gasteiger partial charge on any atom is 0.165 e. The summed E-state index contributed by atoms with van der Waals surface area (Å²) < 4.78 is 18.5. The summed E-state index contributed by atoms with van der Waals surface area (Å²) in [7, 11) is 0. The quantitative estimate of drug-likeness (QED) is 0.706. The van der Waals surface area contributed by atoms with Gasteiger partial charge >= 0.3 is 0 Å². The summed E-state index contributed by atoms with van der Waals surface area (Å²) in [6.45, 7) is 2.39. The largest absolute Gasteiger partial charge is 0.488 e. The molecule has 4 heteroatoms. The highest BCUT2D eigenvalue weighted by Crippen LogP contribution is 2.15. The second kappa shape index (κ2) is 8.52. The fourth-order valence-corrected chi connectivity index (χ4v) is 1.62. The Labute approximate surface area is 113 Å². The summed E-state index contributed by atoms with van der Waals surface area (Å²) in [4.78, 5) is 0. The number of terminal acetylenes is 1. The van der Waals surface area contributed by atoms with E-state index < -0.39 is 11.9 Å². The minimum Gasteiger partial charge on any atom is -0.488 e. The number of hydrogen-bond donors (Lipinski definition) is 2. The Balaban J connectivity index is 2.30. The molecule has 0 amide bonds. The van der Waals surface area contributed by atoms with Crippen LogP contribution in [0.25, 0.3) is 0 Å². The van der Waals surface area contributed by atoms with Gasteiger partial charge in [0.05, 0.1) is 6.04 Å². The lowest BCUT2D eigenvalue weighted by molar-refractivity contribution is 0.103. The van der Waals surface area contributed by atoms with Crippen molar-refractivity contribution in [2.75, 3.05) is 13.2 Å². The van der Waals surface area contributed by atoms with Gasteiger partial charge in [0, 0.05) is 6.54 Å². The third-order valence-electron chi connectivity index (χ3n) is 2.65. The molecule has 0 bridgehead atoms. The molecule has 0 aromatic heterocycles. The van der Waals surface area contributed by atoms with Crippen molar-refractivity contribution in [1.82, 2.24) is 5.32 Å². The standard InChI is InChI=1S/C15H20FNO2/c1-3-7-12(4-2)17-10-13(18)11-19-15-9-6-5-8-14(15)16/h2,5-6,8-9,12-13,17-18H,3,7,10-11H2,1H3. The molecule has 0 spiro atoms. The molecule has 0 heterocycles. The van der Waals surface area contributed by atoms with Crippen LogP contribution in [0.5, 0.6) is 5.75 Å². The van der Waals surface area contributed by atoms with E-state index in [0.717, 1.165) is 12.8 Å². The molecule has 0 aliphatic carbocycles. The van der Waals surface area contributed by atoms with Crippen molar-refractivity contribution in [3.63, 3.8) is 0 Å². The Morgan fingerprint density at radius 1 is 1.47 bits per heavy atom. The van der Waals surface area contributed by atoms with Gasteiger partial charge in [0.2, 0.25) is 0 Å². The number of ether oxygens (including phenoxy) is 1. The lowest BCUT2D eigenvalue weighted by atomic mass is 10.2. The molecule has 1 rings (SSSR count). The van der Waals surface area contributed by atoms with Crippen LogP contribution < -0.4 is 10.1 Å². The van der Waals surface area contributed by atoms with Gasteiger partial charge in [-0.1, -0.05) is 31.4 Å². The van der Waals surface area contributed by atoms with E-state index >= 15 is 0 Å². The average molecular weight is 265 g/mol. The van der Waals surface area contributed by atoms with Gasteiger partial charge in [-0.3, -0.25) is 0 Å². The first-order valence-corrected chi connectivity index (χ1v) is 6.42. The molecule has 2 unspecified atom stereocenters. The average Bonchev–Trinajstić information content (AvgIpc) is 2.42. The Morgan fingerprint density at radius 2 is 2.21 bits per heavy atom. The highest BCUT2D eigenvalue weighted by molar-refractivity contribution is 5.23. The predicted molar refractivity (Wildman–Crippen MR) is 73.4 cm³/mol. The Kier molecular flexibility index (Phi) is 6.94. The van der Waals surface area contributed by atoms with E-state index in [2.05, 4.69) is 11.2 Å². The van der Waals surface area contributed by atoms with Gasteiger partial charge in [-0.25, -0.2) is 4.39 Å². The van der Waals surface area contributed by atoms with E-state index in [4.69, 9.17) is 11.2 Å². The number of nitrogens with one attached hydrogen (secondary N) is 1. The van der Waals surface area contributed by atoms with Gasteiger partial charge in [-0.2, -0.15) is 0 Å². The Bertz CT molecular complexity index is 417. The molecule has 2 atom stereocenters. The fraction of sp³-hybridized carbons (Fsp3) is 0.467. The number of benzene rings is 1. The van der Waals surface area contributed by atoms with Crippen molar-refractivity contribution in [1.29, 1.82) is 0 Å². The maximum atomic E-state index is 13.3. The van der Waals surface area contributed by atoms with Gasteiger partial charge in [0.1, 0.15) is 12.7 Å². The maximum absolute atomic E-state index is 13.3. The van der Waals surface area contributed by atoms with Gasteiger partial charge in [-0.15, -0.1) is 6.42 Å². The zero-order valence-corrected chi connectivity index (χ0v) is 11.1. The van der Waals surface area contributed by atoms with Crippen LogP contribution in [0.1, 0.15) is 19.8 Å². The molecule has 3 nitrogen and oxygen atoms in total. The highest BCUT2D eigenvalue weighted by atomic mass is 19.1. The molecule has 0 aliphatic rings. The molecule has 0 saturated carbocycles. The number of aliphatic hydroxyl groups excluding tert-OH is 1. The van der Waals surface area contributed by atoms with Crippen LogP contribution in [0.3, 0.4) is 0 Å². The Hall–Kier alpha value is -1.57. The summed E-state index contributed by atoms with van der Waals surface area (Å²) in [5, 5.41) is 12.8. The molecular weight excluding hydrogens is 245 g/mol. The highest BCUT2D eigenvalue weighted by Gasteiger charge is 2.10. The molecule has 104 valence electrons. The molecule has 2 N–H and O–H groups in total.